The fourth-order valence-corrected chi connectivity index (χ4v) is 1.88. The standard InChI is InChI=1S/C16H19F/c1-11(2)12(3)10-16(13-4-5-13)14-6-8-15(17)9-7-14/h6-9,11H,3-5,10H2,1-2H3. The number of hydrogen-bond acceptors (Lipinski definition) is 0. The predicted octanol–water partition coefficient (Wildman–Crippen LogP) is 4.98. The Morgan fingerprint density at radius 3 is 2.29 bits per heavy atom. The van der Waals surface area contributed by atoms with Crippen LogP contribution in [-0.2, 0) is 0 Å². The van der Waals surface area contributed by atoms with Crippen LogP contribution in [0.3, 0.4) is 0 Å². The molecule has 0 N–H and O–H groups in total. The third-order valence-electron chi connectivity index (χ3n) is 3.34. The zero-order valence-corrected chi connectivity index (χ0v) is 10.6. The largest absolute Gasteiger partial charge is 0.207 e. The minimum absolute atomic E-state index is 0.170. The van der Waals surface area contributed by atoms with Gasteiger partial charge in [-0.2, -0.15) is 0 Å². The number of rotatable bonds is 4. The fourth-order valence-electron chi connectivity index (χ4n) is 1.88. The Hall–Kier alpha value is -1.37. The van der Waals surface area contributed by atoms with Gasteiger partial charge in [0, 0.05) is 0 Å². The van der Waals surface area contributed by atoms with Crippen LogP contribution in [-0.4, -0.2) is 0 Å². The van der Waals surface area contributed by atoms with Crippen molar-refractivity contribution in [2.45, 2.75) is 33.1 Å². The van der Waals surface area contributed by atoms with Gasteiger partial charge in [0.1, 0.15) is 5.82 Å². The number of benzene rings is 1. The molecular formula is C16H19F. The van der Waals surface area contributed by atoms with Crippen LogP contribution in [0.4, 0.5) is 4.39 Å². The van der Waals surface area contributed by atoms with Crippen molar-refractivity contribution in [3.05, 3.63) is 53.4 Å². The molecule has 0 aromatic heterocycles. The molecule has 0 saturated heterocycles. The molecule has 1 aliphatic carbocycles. The van der Waals surface area contributed by atoms with Gasteiger partial charge in [0.15, 0.2) is 0 Å². The van der Waals surface area contributed by atoms with E-state index >= 15 is 0 Å². The summed E-state index contributed by atoms with van der Waals surface area (Å²) in [5.41, 5.74) is 5.28. The summed E-state index contributed by atoms with van der Waals surface area (Å²) in [4.78, 5) is 0. The summed E-state index contributed by atoms with van der Waals surface area (Å²) in [6, 6.07) is 6.83. The summed E-state index contributed by atoms with van der Waals surface area (Å²) in [7, 11) is 0. The van der Waals surface area contributed by atoms with Crippen molar-refractivity contribution in [1.29, 1.82) is 0 Å². The summed E-state index contributed by atoms with van der Waals surface area (Å²) in [6.07, 6.45) is 3.31. The van der Waals surface area contributed by atoms with Gasteiger partial charge in [-0.25, -0.2) is 4.39 Å². The van der Waals surface area contributed by atoms with Gasteiger partial charge < -0.3 is 0 Å². The topological polar surface area (TPSA) is 0 Å². The van der Waals surface area contributed by atoms with Crippen LogP contribution < -0.4 is 0 Å². The summed E-state index contributed by atoms with van der Waals surface area (Å²) in [6.45, 7) is 8.48. The van der Waals surface area contributed by atoms with E-state index in [1.54, 1.807) is 0 Å². The molecule has 0 nitrogen and oxygen atoms in total. The normalized spacial score (nSPS) is 14.0. The van der Waals surface area contributed by atoms with Crippen molar-refractivity contribution in [2.75, 3.05) is 0 Å². The minimum atomic E-state index is -0.170. The molecule has 2 rings (SSSR count). The molecule has 1 aromatic carbocycles. The second-order valence-electron chi connectivity index (χ2n) is 5.08. The van der Waals surface area contributed by atoms with Gasteiger partial charge in [0.2, 0.25) is 0 Å². The van der Waals surface area contributed by atoms with Gasteiger partial charge in [0.25, 0.3) is 0 Å². The average molecular weight is 230 g/mol. The molecular weight excluding hydrogens is 211 g/mol. The summed E-state index contributed by atoms with van der Waals surface area (Å²) in [5, 5.41) is 0. The van der Waals surface area contributed by atoms with Crippen LogP contribution in [0.25, 0.3) is 5.57 Å². The molecule has 90 valence electrons. The Kier molecular flexibility index (Phi) is 3.46. The first-order valence-electron chi connectivity index (χ1n) is 6.22. The first-order chi connectivity index (χ1) is 8.08. The Balaban J connectivity index is 2.23. The number of halogens is 1. The minimum Gasteiger partial charge on any atom is -0.207 e. The smallest absolute Gasteiger partial charge is 0.123 e. The maximum atomic E-state index is 12.9. The summed E-state index contributed by atoms with van der Waals surface area (Å²) < 4.78 is 12.9. The van der Waals surface area contributed by atoms with E-state index in [1.807, 2.05) is 12.1 Å². The van der Waals surface area contributed by atoms with Crippen molar-refractivity contribution >= 4 is 5.57 Å². The van der Waals surface area contributed by atoms with Crippen molar-refractivity contribution < 1.29 is 4.39 Å². The second kappa shape index (κ2) is 4.87. The summed E-state index contributed by atoms with van der Waals surface area (Å²) >= 11 is 0. The Morgan fingerprint density at radius 1 is 1.24 bits per heavy atom. The van der Waals surface area contributed by atoms with Crippen LogP contribution in [0.2, 0.25) is 0 Å². The van der Waals surface area contributed by atoms with Gasteiger partial charge in [-0.1, -0.05) is 43.7 Å². The first kappa shape index (κ1) is 12.1. The second-order valence-corrected chi connectivity index (χ2v) is 5.08. The highest BCUT2D eigenvalue weighted by Crippen LogP contribution is 2.40. The molecule has 0 bridgehead atoms. The average Bonchev–Trinajstić information content (AvgIpc) is 3.10. The zero-order chi connectivity index (χ0) is 12.4. The third kappa shape index (κ3) is 3.06. The van der Waals surface area contributed by atoms with Gasteiger partial charge in [-0.3, -0.25) is 0 Å². The highest BCUT2D eigenvalue weighted by atomic mass is 19.1. The van der Waals surface area contributed by atoms with E-state index < -0.39 is 0 Å². The molecule has 0 radical (unpaired) electrons. The highest BCUT2D eigenvalue weighted by Gasteiger charge is 2.19. The van der Waals surface area contributed by atoms with E-state index in [0.29, 0.717) is 5.92 Å². The van der Waals surface area contributed by atoms with E-state index in [-0.39, 0.29) is 5.82 Å². The van der Waals surface area contributed by atoms with E-state index in [0.717, 1.165) is 12.0 Å². The molecule has 0 spiro atoms. The van der Waals surface area contributed by atoms with Crippen LogP contribution in [0.5, 0.6) is 0 Å². The number of allylic oxidation sites excluding steroid dienone is 3. The van der Waals surface area contributed by atoms with Gasteiger partial charge in [-0.15, -0.1) is 0 Å². The molecule has 1 aliphatic rings. The van der Waals surface area contributed by atoms with Crippen molar-refractivity contribution in [3.63, 3.8) is 0 Å². The molecule has 17 heavy (non-hydrogen) atoms. The van der Waals surface area contributed by atoms with Crippen molar-refractivity contribution in [3.8, 4) is 0 Å². The maximum absolute atomic E-state index is 12.9. The summed E-state index contributed by atoms with van der Waals surface area (Å²) in [5.74, 6) is 0.335. The van der Waals surface area contributed by atoms with Crippen LogP contribution in [0.1, 0.15) is 38.7 Å². The molecule has 0 heterocycles. The number of hydrogen-bond donors (Lipinski definition) is 0. The lowest BCUT2D eigenvalue weighted by Gasteiger charge is -2.13. The third-order valence-corrected chi connectivity index (χ3v) is 3.34. The van der Waals surface area contributed by atoms with E-state index in [1.165, 1.54) is 41.7 Å². The van der Waals surface area contributed by atoms with Gasteiger partial charge in [-0.05, 0) is 48.4 Å². The van der Waals surface area contributed by atoms with Crippen LogP contribution in [0.15, 0.2) is 42.0 Å². The highest BCUT2D eigenvalue weighted by molar-refractivity contribution is 5.73. The first-order valence-corrected chi connectivity index (χ1v) is 6.22. The lowest BCUT2D eigenvalue weighted by atomic mass is 9.92. The lowest BCUT2D eigenvalue weighted by molar-refractivity contribution is 0.627. The Bertz CT molecular complexity index is 443. The quantitative estimate of drug-likeness (QED) is 0.640. The molecule has 1 aromatic rings. The Morgan fingerprint density at radius 2 is 1.82 bits per heavy atom. The molecule has 0 aliphatic heterocycles. The van der Waals surface area contributed by atoms with Crippen LogP contribution >= 0.6 is 0 Å². The van der Waals surface area contributed by atoms with Crippen molar-refractivity contribution in [2.24, 2.45) is 5.92 Å². The van der Waals surface area contributed by atoms with Crippen molar-refractivity contribution in [1.82, 2.24) is 0 Å². The maximum Gasteiger partial charge on any atom is 0.123 e. The molecule has 0 amide bonds. The van der Waals surface area contributed by atoms with Gasteiger partial charge in [0.05, 0.1) is 0 Å². The van der Waals surface area contributed by atoms with E-state index in [2.05, 4.69) is 20.4 Å². The van der Waals surface area contributed by atoms with Gasteiger partial charge >= 0.3 is 0 Å². The zero-order valence-electron chi connectivity index (χ0n) is 10.6. The van der Waals surface area contributed by atoms with E-state index in [4.69, 9.17) is 0 Å². The monoisotopic (exact) mass is 230 g/mol. The van der Waals surface area contributed by atoms with Crippen LogP contribution in [0, 0.1) is 11.7 Å². The fraction of sp³-hybridized carbons (Fsp3) is 0.375. The van der Waals surface area contributed by atoms with E-state index in [9.17, 15) is 4.39 Å². The predicted molar refractivity (Wildman–Crippen MR) is 71.1 cm³/mol. The molecule has 1 saturated carbocycles. The molecule has 0 unspecified atom stereocenters. The molecule has 0 atom stereocenters. The Labute approximate surface area is 103 Å². The lowest BCUT2D eigenvalue weighted by Crippen LogP contribution is -1.95. The molecule has 1 fully saturated rings. The molecule has 1 heteroatoms. The SMILES string of the molecule is C=C(CC(=C1CC1)c1ccc(F)cc1)C(C)C.